The van der Waals surface area contributed by atoms with Gasteiger partial charge in [0.2, 0.25) is 5.91 Å². The molecule has 0 aliphatic carbocycles. The van der Waals surface area contributed by atoms with Crippen LogP contribution in [-0.4, -0.2) is 42.2 Å². The van der Waals surface area contributed by atoms with Crippen molar-refractivity contribution in [3.63, 3.8) is 0 Å². The molecule has 0 aromatic heterocycles. The second kappa shape index (κ2) is 9.03. The van der Waals surface area contributed by atoms with Crippen molar-refractivity contribution in [1.82, 2.24) is 15.5 Å². The molecule has 2 N–H and O–H groups in total. The van der Waals surface area contributed by atoms with Crippen LogP contribution in [-0.2, 0) is 20.9 Å². The molecular weight excluding hydrogens is 438 g/mol. The Morgan fingerprint density at radius 1 is 1.19 bits per heavy atom. The van der Waals surface area contributed by atoms with Crippen molar-refractivity contribution < 1.29 is 19.1 Å². The predicted octanol–water partition coefficient (Wildman–Crippen LogP) is 3.26. The number of thioether (sulfide) groups is 1. The van der Waals surface area contributed by atoms with Crippen molar-refractivity contribution in [3.8, 4) is 0 Å². The molecule has 9 heteroatoms. The van der Waals surface area contributed by atoms with Gasteiger partial charge in [0, 0.05) is 16.5 Å². The van der Waals surface area contributed by atoms with E-state index in [1.807, 2.05) is 42.7 Å². The first-order chi connectivity index (χ1) is 15.0. The van der Waals surface area contributed by atoms with Gasteiger partial charge in [0.05, 0.1) is 17.3 Å². The van der Waals surface area contributed by atoms with Gasteiger partial charge >= 0.3 is 12.0 Å². The molecule has 2 heterocycles. The largest absolute Gasteiger partial charge is 0.456 e. The maximum atomic E-state index is 12.8. The van der Waals surface area contributed by atoms with Crippen LogP contribution in [0.3, 0.4) is 0 Å². The predicted molar refractivity (Wildman–Crippen MR) is 117 cm³/mol. The molecule has 2 aliphatic heterocycles. The Morgan fingerprint density at radius 3 is 2.58 bits per heavy atom. The van der Waals surface area contributed by atoms with Gasteiger partial charge in [-0.2, -0.15) is 0 Å². The molecule has 0 radical (unpaired) electrons. The topological polar surface area (TPSA) is 87.7 Å². The average molecular weight is 458 g/mol. The van der Waals surface area contributed by atoms with Gasteiger partial charge < -0.3 is 15.4 Å². The molecule has 160 valence electrons. The highest BCUT2D eigenvalue weighted by atomic mass is 35.5. The van der Waals surface area contributed by atoms with Crippen molar-refractivity contribution in [2.75, 3.05) is 19.4 Å². The number of urea groups is 1. The number of hydrogen-bond acceptors (Lipinski definition) is 5. The molecule has 7 nitrogen and oxygen atoms in total. The van der Waals surface area contributed by atoms with Gasteiger partial charge in [-0.1, -0.05) is 35.9 Å². The summed E-state index contributed by atoms with van der Waals surface area (Å²) in [4.78, 5) is 40.1. The maximum Gasteiger partial charge on any atom is 0.338 e. The SMILES string of the molecule is CSc1ccc([C@@H]2NC(=O)N(CC(=O)NCc3ccc(Cl)cc3)C3=C2C(=O)OC3)cc1. The highest BCUT2D eigenvalue weighted by molar-refractivity contribution is 7.98. The highest BCUT2D eigenvalue weighted by Gasteiger charge is 2.42. The Labute approximate surface area is 188 Å². The molecule has 0 saturated heterocycles. The molecular formula is C22H20ClN3O4S. The van der Waals surface area contributed by atoms with Gasteiger partial charge in [-0.3, -0.25) is 9.69 Å². The number of ether oxygens (including phenoxy) is 1. The summed E-state index contributed by atoms with van der Waals surface area (Å²) >= 11 is 7.48. The molecule has 3 amide bonds. The first-order valence-electron chi connectivity index (χ1n) is 9.59. The number of carbonyl (C=O) groups is 3. The van der Waals surface area contributed by atoms with Crippen LogP contribution in [0.2, 0.25) is 5.02 Å². The minimum atomic E-state index is -0.609. The molecule has 2 aromatic rings. The average Bonchev–Trinajstić information content (AvgIpc) is 3.16. The van der Waals surface area contributed by atoms with Crippen LogP contribution in [0.1, 0.15) is 17.2 Å². The molecule has 0 spiro atoms. The van der Waals surface area contributed by atoms with E-state index >= 15 is 0 Å². The van der Waals surface area contributed by atoms with Crippen molar-refractivity contribution in [1.29, 1.82) is 0 Å². The number of nitrogens with one attached hydrogen (secondary N) is 2. The van der Waals surface area contributed by atoms with Crippen LogP contribution in [0.4, 0.5) is 4.79 Å². The lowest BCUT2D eigenvalue weighted by molar-refractivity contribution is -0.136. The van der Waals surface area contributed by atoms with E-state index in [4.69, 9.17) is 16.3 Å². The normalized spacial score (nSPS) is 17.9. The van der Waals surface area contributed by atoms with E-state index in [-0.39, 0.29) is 19.1 Å². The van der Waals surface area contributed by atoms with Gasteiger partial charge in [-0.15, -0.1) is 11.8 Å². The fourth-order valence-electron chi connectivity index (χ4n) is 3.53. The first-order valence-corrected chi connectivity index (χ1v) is 11.2. The van der Waals surface area contributed by atoms with E-state index < -0.39 is 18.0 Å². The number of amides is 3. The summed E-state index contributed by atoms with van der Waals surface area (Å²) in [6.07, 6.45) is 1.97. The zero-order chi connectivity index (χ0) is 22.0. The molecule has 2 aliphatic rings. The third-order valence-electron chi connectivity index (χ3n) is 5.15. The Balaban J connectivity index is 1.50. The van der Waals surface area contributed by atoms with Crippen molar-refractivity contribution in [2.24, 2.45) is 0 Å². The number of benzene rings is 2. The Kier molecular flexibility index (Phi) is 6.20. The van der Waals surface area contributed by atoms with E-state index in [0.717, 1.165) is 16.0 Å². The molecule has 2 aromatic carbocycles. The van der Waals surface area contributed by atoms with E-state index in [0.29, 0.717) is 22.8 Å². The summed E-state index contributed by atoms with van der Waals surface area (Å²) in [5, 5.41) is 6.23. The molecule has 0 fully saturated rings. The molecule has 1 atom stereocenters. The van der Waals surface area contributed by atoms with E-state index in [9.17, 15) is 14.4 Å². The van der Waals surface area contributed by atoms with Crippen molar-refractivity contribution in [2.45, 2.75) is 17.5 Å². The lowest BCUT2D eigenvalue weighted by atomic mass is 9.96. The van der Waals surface area contributed by atoms with Crippen molar-refractivity contribution >= 4 is 41.3 Å². The number of esters is 1. The first kappa shape index (κ1) is 21.3. The number of hydrogen-bond donors (Lipinski definition) is 2. The second-order valence-corrected chi connectivity index (χ2v) is 8.40. The lowest BCUT2D eigenvalue weighted by Gasteiger charge is -2.32. The smallest absolute Gasteiger partial charge is 0.338 e. The molecule has 0 bridgehead atoms. The minimum absolute atomic E-state index is 0.0363. The van der Waals surface area contributed by atoms with Gasteiger partial charge in [0.1, 0.15) is 13.2 Å². The van der Waals surface area contributed by atoms with Crippen LogP contribution in [0.5, 0.6) is 0 Å². The minimum Gasteiger partial charge on any atom is -0.456 e. The summed E-state index contributed by atoms with van der Waals surface area (Å²) < 4.78 is 5.20. The standard InChI is InChI=1S/C22H20ClN3O4S/c1-31-16-8-4-14(5-9-16)20-19-17(12-30-21(19)28)26(22(29)25-20)11-18(27)24-10-13-2-6-15(23)7-3-13/h2-9,20H,10-12H2,1H3,(H,24,27)(H,25,29)/t20-/m0/s1. The number of carbonyl (C=O) groups excluding carboxylic acids is 3. The number of rotatable bonds is 6. The Morgan fingerprint density at radius 2 is 1.90 bits per heavy atom. The molecule has 0 saturated carbocycles. The quantitative estimate of drug-likeness (QED) is 0.513. The fraction of sp³-hybridized carbons (Fsp3) is 0.227. The molecule has 0 unspecified atom stereocenters. The fourth-order valence-corrected chi connectivity index (χ4v) is 4.06. The molecule has 31 heavy (non-hydrogen) atoms. The van der Waals surface area contributed by atoms with Crippen LogP contribution in [0.15, 0.2) is 64.7 Å². The van der Waals surface area contributed by atoms with Gasteiger partial charge in [0.15, 0.2) is 0 Å². The van der Waals surface area contributed by atoms with E-state index in [1.165, 1.54) is 4.90 Å². The van der Waals surface area contributed by atoms with Gasteiger partial charge in [-0.25, -0.2) is 9.59 Å². The summed E-state index contributed by atoms with van der Waals surface area (Å²) in [7, 11) is 0. The summed E-state index contributed by atoms with van der Waals surface area (Å²) in [6, 6.07) is 13.7. The highest BCUT2D eigenvalue weighted by Crippen LogP contribution is 2.35. The van der Waals surface area contributed by atoms with Crippen LogP contribution >= 0.6 is 23.4 Å². The van der Waals surface area contributed by atoms with Crippen LogP contribution < -0.4 is 10.6 Å². The third-order valence-corrected chi connectivity index (χ3v) is 6.15. The Bertz CT molecular complexity index is 1050. The number of nitrogens with zero attached hydrogens (tertiary/aromatic N) is 1. The summed E-state index contributed by atoms with van der Waals surface area (Å²) in [5.41, 5.74) is 2.45. The summed E-state index contributed by atoms with van der Waals surface area (Å²) in [6.45, 7) is 0.0513. The maximum absolute atomic E-state index is 12.8. The zero-order valence-corrected chi connectivity index (χ0v) is 18.3. The third kappa shape index (κ3) is 4.55. The molecule has 4 rings (SSSR count). The zero-order valence-electron chi connectivity index (χ0n) is 16.7. The summed E-state index contributed by atoms with van der Waals surface area (Å²) in [5.74, 6) is -0.834. The van der Waals surface area contributed by atoms with E-state index in [2.05, 4.69) is 10.6 Å². The monoisotopic (exact) mass is 457 g/mol. The van der Waals surface area contributed by atoms with Gasteiger partial charge in [0.25, 0.3) is 0 Å². The van der Waals surface area contributed by atoms with E-state index in [1.54, 1.807) is 23.9 Å². The lowest BCUT2D eigenvalue weighted by Crippen LogP contribution is -2.50. The van der Waals surface area contributed by atoms with Crippen LogP contribution in [0, 0.1) is 0 Å². The van der Waals surface area contributed by atoms with Crippen LogP contribution in [0.25, 0.3) is 0 Å². The Hall–Kier alpha value is -2.97. The second-order valence-electron chi connectivity index (χ2n) is 7.08. The number of halogens is 1. The van der Waals surface area contributed by atoms with Crippen molar-refractivity contribution in [3.05, 3.63) is 76.0 Å². The van der Waals surface area contributed by atoms with Gasteiger partial charge in [-0.05, 0) is 41.6 Å². The number of cyclic esters (lactones) is 1.